The van der Waals surface area contributed by atoms with Crippen LogP contribution in [0.25, 0.3) is 0 Å². The van der Waals surface area contributed by atoms with E-state index in [9.17, 15) is 4.79 Å². The molecule has 1 aliphatic heterocycles. The molecule has 1 amide bonds. The molecule has 3 nitrogen and oxygen atoms in total. The van der Waals surface area contributed by atoms with Crippen molar-refractivity contribution < 1.29 is 4.79 Å². The Morgan fingerprint density at radius 2 is 1.88 bits per heavy atom. The lowest BCUT2D eigenvalue weighted by molar-refractivity contribution is 0.0935. The molecular weight excluding hydrogens is 340 g/mol. The van der Waals surface area contributed by atoms with Gasteiger partial charge >= 0.3 is 0 Å². The fourth-order valence-corrected chi connectivity index (χ4v) is 5.44. The summed E-state index contributed by atoms with van der Waals surface area (Å²) in [5.41, 5.74) is 4.75. The monoisotopic (exact) mass is 368 g/mol. The Morgan fingerprint density at radius 3 is 2.54 bits per heavy atom. The van der Waals surface area contributed by atoms with Crippen LogP contribution in [0, 0.1) is 5.92 Å². The van der Waals surface area contributed by atoms with Gasteiger partial charge in [0.05, 0.1) is 5.56 Å². The molecule has 2 heterocycles. The van der Waals surface area contributed by atoms with Gasteiger partial charge < -0.3 is 10.6 Å². The van der Waals surface area contributed by atoms with Gasteiger partial charge in [-0.25, -0.2) is 0 Å². The first-order valence-corrected chi connectivity index (χ1v) is 10.5. The highest BCUT2D eigenvalue weighted by atomic mass is 32.1. The summed E-state index contributed by atoms with van der Waals surface area (Å²) in [5, 5.41) is 7.80. The van der Waals surface area contributed by atoms with E-state index < -0.39 is 0 Å². The molecule has 0 unspecified atom stereocenters. The Kier molecular flexibility index (Phi) is 4.34. The molecule has 0 bridgehead atoms. The van der Waals surface area contributed by atoms with Crippen LogP contribution in [-0.4, -0.2) is 5.91 Å². The number of anilines is 1. The molecule has 26 heavy (non-hydrogen) atoms. The molecule has 2 aromatic rings. The smallest absolute Gasteiger partial charge is 0.256 e. The molecule has 0 fully saturated rings. The number of hydrogen-bond donors (Lipinski definition) is 2. The molecule has 0 radical (unpaired) electrons. The van der Waals surface area contributed by atoms with E-state index in [0.29, 0.717) is 0 Å². The highest BCUT2D eigenvalue weighted by molar-refractivity contribution is 7.16. The third-order valence-electron chi connectivity index (χ3n) is 5.83. The van der Waals surface area contributed by atoms with E-state index in [1.54, 1.807) is 11.3 Å². The first-order valence-electron chi connectivity index (χ1n) is 9.69. The van der Waals surface area contributed by atoms with Gasteiger partial charge in [-0.05, 0) is 47.3 Å². The molecule has 4 heteroatoms. The van der Waals surface area contributed by atoms with E-state index in [1.807, 2.05) is 0 Å². The van der Waals surface area contributed by atoms with E-state index in [2.05, 4.69) is 62.6 Å². The maximum Gasteiger partial charge on any atom is 0.256 e. The Bertz CT molecular complexity index is 829. The maximum absolute atomic E-state index is 12.8. The molecule has 1 aromatic heterocycles. The van der Waals surface area contributed by atoms with Gasteiger partial charge in [0.25, 0.3) is 5.91 Å². The topological polar surface area (TPSA) is 41.1 Å². The zero-order chi connectivity index (χ0) is 18.5. The van der Waals surface area contributed by atoms with Gasteiger partial charge in [-0.2, -0.15) is 0 Å². The molecule has 1 aromatic carbocycles. The maximum atomic E-state index is 12.8. The second-order valence-electron chi connectivity index (χ2n) is 8.65. The average molecular weight is 369 g/mol. The van der Waals surface area contributed by atoms with Crippen LogP contribution in [0.2, 0.25) is 0 Å². The zero-order valence-electron chi connectivity index (χ0n) is 16.1. The highest BCUT2D eigenvalue weighted by Gasteiger charge is 2.33. The fraction of sp³-hybridized carbons (Fsp3) is 0.500. The van der Waals surface area contributed by atoms with Gasteiger partial charge in [0.1, 0.15) is 11.2 Å². The Hall–Kier alpha value is -1.81. The third kappa shape index (κ3) is 3.05. The predicted octanol–water partition coefficient (Wildman–Crippen LogP) is 5.41. The van der Waals surface area contributed by atoms with Crippen LogP contribution < -0.4 is 10.6 Å². The van der Waals surface area contributed by atoms with E-state index in [-0.39, 0.29) is 17.5 Å². The van der Waals surface area contributed by atoms with E-state index in [1.165, 1.54) is 28.8 Å². The van der Waals surface area contributed by atoms with Crippen LogP contribution in [-0.2, 0) is 18.3 Å². The summed E-state index contributed by atoms with van der Waals surface area (Å²) in [6, 6.07) is 8.60. The number of carbonyl (C=O) groups excluding carboxylic acids is 1. The molecule has 2 N–H and O–H groups in total. The molecule has 138 valence electrons. The standard InChI is InChI=1S/C22H28N2OS/c1-5-13-6-11-16-17(12-13)26-21-18(16)20(25)23-19(24-21)14-7-9-15(10-8-14)22(2,3)4/h7-10,13,19,24H,5-6,11-12H2,1-4H3,(H,23,25)/t13-,19+/m1/s1. The van der Waals surface area contributed by atoms with Crippen molar-refractivity contribution in [1.29, 1.82) is 0 Å². The summed E-state index contributed by atoms with van der Waals surface area (Å²) in [4.78, 5) is 14.3. The normalized spacial score (nSPS) is 22.2. The third-order valence-corrected chi connectivity index (χ3v) is 7.02. The number of rotatable bonds is 2. The highest BCUT2D eigenvalue weighted by Crippen LogP contribution is 2.43. The van der Waals surface area contributed by atoms with Crippen molar-refractivity contribution in [1.82, 2.24) is 5.32 Å². The molecule has 0 saturated carbocycles. The average Bonchev–Trinajstić information content (AvgIpc) is 2.98. The summed E-state index contributed by atoms with van der Waals surface area (Å²) in [6.45, 7) is 8.92. The molecule has 2 aliphatic rings. The molecule has 4 rings (SSSR count). The lowest BCUT2D eigenvalue weighted by atomic mass is 9.85. The quantitative estimate of drug-likeness (QED) is 0.743. The molecule has 0 saturated heterocycles. The summed E-state index contributed by atoms with van der Waals surface area (Å²) in [7, 11) is 0. The van der Waals surface area contributed by atoms with Gasteiger partial charge in [0, 0.05) is 4.88 Å². The van der Waals surface area contributed by atoms with E-state index >= 15 is 0 Å². The minimum absolute atomic E-state index is 0.0797. The first kappa shape index (κ1) is 17.6. The van der Waals surface area contributed by atoms with Gasteiger partial charge in [-0.3, -0.25) is 4.79 Å². The number of thiophene rings is 1. The lowest BCUT2D eigenvalue weighted by Gasteiger charge is -2.28. The number of nitrogens with one attached hydrogen (secondary N) is 2. The summed E-state index contributed by atoms with van der Waals surface area (Å²) in [5.74, 6) is 0.850. The SMILES string of the molecule is CC[C@@H]1CCc2c(sc3c2C(=O)N[C@H](c2ccc(C(C)(C)C)cc2)N3)C1. The second kappa shape index (κ2) is 6.41. The van der Waals surface area contributed by atoms with E-state index in [4.69, 9.17) is 0 Å². The number of fused-ring (bicyclic) bond motifs is 3. The van der Waals surface area contributed by atoms with E-state index in [0.717, 1.165) is 34.9 Å². The Balaban J connectivity index is 1.61. The molecule has 1 aliphatic carbocycles. The number of benzene rings is 1. The Morgan fingerprint density at radius 1 is 1.15 bits per heavy atom. The van der Waals surface area contributed by atoms with Crippen LogP contribution in [0.4, 0.5) is 5.00 Å². The van der Waals surface area contributed by atoms with Crippen molar-refractivity contribution >= 4 is 22.2 Å². The van der Waals surface area contributed by atoms with Crippen LogP contribution in [0.5, 0.6) is 0 Å². The minimum atomic E-state index is -0.147. The summed E-state index contributed by atoms with van der Waals surface area (Å²) < 4.78 is 0. The lowest BCUT2D eigenvalue weighted by Crippen LogP contribution is -2.38. The van der Waals surface area contributed by atoms with Crippen LogP contribution in [0.15, 0.2) is 24.3 Å². The second-order valence-corrected chi connectivity index (χ2v) is 9.75. The number of amides is 1. The van der Waals surface area contributed by atoms with Crippen LogP contribution in [0.3, 0.4) is 0 Å². The molecular formula is C22H28N2OS. The van der Waals surface area contributed by atoms with Crippen LogP contribution in [0.1, 0.15) is 78.6 Å². The first-order chi connectivity index (χ1) is 12.4. The fourth-order valence-electron chi connectivity index (χ4n) is 4.06. The van der Waals surface area contributed by atoms with Crippen molar-refractivity contribution in [3.63, 3.8) is 0 Å². The molecule has 0 spiro atoms. The van der Waals surface area contributed by atoms with Crippen molar-refractivity contribution in [2.75, 3.05) is 5.32 Å². The number of carbonyl (C=O) groups is 1. The zero-order valence-corrected chi connectivity index (χ0v) is 16.9. The van der Waals surface area contributed by atoms with Crippen molar-refractivity contribution in [2.24, 2.45) is 5.92 Å². The van der Waals surface area contributed by atoms with Gasteiger partial charge in [-0.1, -0.05) is 58.4 Å². The van der Waals surface area contributed by atoms with Gasteiger partial charge in [0.15, 0.2) is 0 Å². The summed E-state index contributed by atoms with van der Waals surface area (Å²) >= 11 is 1.79. The van der Waals surface area contributed by atoms with Crippen molar-refractivity contribution in [2.45, 2.75) is 65.0 Å². The van der Waals surface area contributed by atoms with Crippen molar-refractivity contribution in [3.8, 4) is 0 Å². The largest absolute Gasteiger partial charge is 0.353 e. The minimum Gasteiger partial charge on any atom is -0.353 e. The van der Waals surface area contributed by atoms with Gasteiger partial charge in [-0.15, -0.1) is 11.3 Å². The summed E-state index contributed by atoms with van der Waals surface area (Å²) in [6.07, 6.45) is 4.46. The molecule has 2 atom stereocenters. The van der Waals surface area contributed by atoms with Gasteiger partial charge in [0.2, 0.25) is 0 Å². The predicted molar refractivity (Wildman–Crippen MR) is 109 cm³/mol. The van der Waals surface area contributed by atoms with Crippen molar-refractivity contribution in [3.05, 3.63) is 51.4 Å². The van der Waals surface area contributed by atoms with Crippen LogP contribution >= 0.6 is 11.3 Å². The number of hydrogen-bond acceptors (Lipinski definition) is 3. The Labute approximate surface area is 160 Å².